The van der Waals surface area contributed by atoms with E-state index in [9.17, 15) is 13.6 Å². The van der Waals surface area contributed by atoms with Gasteiger partial charge in [0.15, 0.2) is 0 Å². The summed E-state index contributed by atoms with van der Waals surface area (Å²) in [6.45, 7) is -0.967. The van der Waals surface area contributed by atoms with Crippen molar-refractivity contribution in [1.82, 2.24) is 24.4 Å². The van der Waals surface area contributed by atoms with Gasteiger partial charge in [-0.1, -0.05) is 0 Å². The number of nitrogens with zero attached hydrogens (tertiary/aromatic N) is 5. The molecule has 0 aliphatic rings. The Morgan fingerprint density at radius 3 is 2.70 bits per heavy atom. The van der Waals surface area contributed by atoms with Crippen LogP contribution in [0, 0.1) is 6.92 Å². The van der Waals surface area contributed by atoms with Crippen LogP contribution in [0.25, 0.3) is 0 Å². The number of imidazole rings is 1. The molecule has 6 nitrogen and oxygen atoms in total. The first-order chi connectivity index (χ1) is 9.49. The molecule has 0 spiro atoms. The zero-order chi connectivity index (χ0) is 14.7. The van der Waals surface area contributed by atoms with Crippen LogP contribution in [-0.2, 0) is 6.54 Å². The monoisotopic (exact) mass is 281 g/mol. The third-order valence-electron chi connectivity index (χ3n) is 2.68. The molecule has 0 unspecified atom stereocenters. The number of hydrogen-bond acceptors (Lipinski definition) is 4. The lowest BCUT2D eigenvalue weighted by molar-refractivity contribution is 0.0611. The fourth-order valence-electron chi connectivity index (χ4n) is 1.63. The maximum absolute atomic E-state index is 12.7. The average Bonchev–Trinajstić information content (AvgIpc) is 2.87. The Kier molecular flexibility index (Phi) is 4.02. The van der Waals surface area contributed by atoms with E-state index in [2.05, 4.69) is 15.0 Å². The third-order valence-corrected chi connectivity index (χ3v) is 2.68. The summed E-state index contributed by atoms with van der Waals surface area (Å²) in [4.78, 5) is 25.1. The number of aromatic nitrogens is 4. The van der Waals surface area contributed by atoms with E-state index in [1.165, 1.54) is 36.7 Å². The van der Waals surface area contributed by atoms with Gasteiger partial charge in [0.2, 0.25) is 0 Å². The van der Waals surface area contributed by atoms with Crippen LogP contribution in [0.4, 0.5) is 8.78 Å². The molecular formula is C12H13F2N5O. The third kappa shape index (κ3) is 2.95. The number of carbonyl (C=O) groups is 1. The van der Waals surface area contributed by atoms with Gasteiger partial charge in [0.25, 0.3) is 5.91 Å². The van der Waals surface area contributed by atoms with Gasteiger partial charge in [0.05, 0.1) is 18.4 Å². The van der Waals surface area contributed by atoms with Crippen molar-refractivity contribution in [3.8, 4) is 0 Å². The molecule has 2 heterocycles. The van der Waals surface area contributed by atoms with Gasteiger partial charge in [-0.25, -0.2) is 9.97 Å². The molecular weight excluding hydrogens is 268 g/mol. The minimum absolute atomic E-state index is 0.0360. The van der Waals surface area contributed by atoms with Crippen LogP contribution in [0.5, 0.6) is 0 Å². The summed E-state index contributed by atoms with van der Waals surface area (Å²) in [7, 11) is 1.49. The highest BCUT2D eigenvalue weighted by atomic mass is 19.3. The molecule has 2 rings (SSSR count). The number of aryl methyl sites for hydroxylation is 1. The van der Waals surface area contributed by atoms with Gasteiger partial charge in [0, 0.05) is 25.6 Å². The van der Waals surface area contributed by atoms with Crippen molar-refractivity contribution in [3.63, 3.8) is 0 Å². The van der Waals surface area contributed by atoms with E-state index in [0.717, 1.165) is 0 Å². The second-order valence-corrected chi connectivity index (χ2v) is 4.23. The van der Waals surface area contributed by atoms with Crippen LogP contribution in [0.1, 0.15) is 28.6 Å². The predicted molar refractivity (Wildman–Crippen MR) is 66.0 cm³/mol. The number of halogens is 2. The van der Waals surface area contributed by atoms with Crippen molar-refractivity contribution in [2.75, 3.05) is 7.05 Å². The molecule has 106 valence electrons. The smallest absolute Gasteiger partial charge is 0.319 e. The van der Waals surface area contributed by atoms with Crippen LogP contribution < -0.4 is 0 Å². The summed E-state index contributed by atoms with van der Waals surface area (Å²) < 4.78 is 26.1. The Labute approximate surface area is 114 Å². The van der Waals surface area contributed by atoms with Crippen molar-refractivity contribution < 1.29 is 13.6 Å². The maximum atomic E-state index is 12.7. The van der Waals surface area contributed by atoms with Crippen molar-refractivity contribution >= 4 is 5.91 Å². The predicted octanol–water partition coefficient (Wildman–Crippen LogP) is 1.65. The van der Waals surface area contributed by atoms with Crippen LogP contribution in [0.3, 0.4) is 0 Å². The summed E-state index contributed by atoms with van der Waals surface area (Å²) in [5, 5.41) is 0. The lowest BCUT2D eigenvalue weighted by Crippen LogP contribution is -2.28. The van der Waals surface area contributed by atoms with Crippen molar-refractivity contribution in [3.05, 3.63) is 42.0 Å². The Bertz CT molecular complexity index is 596. The summed E-state index contributed by atoms with van der Waals surface area (Å²) in [5.41, 5.74) is 0.852. The van der Waals surface area contributed by atoms with Gasteiger partial charge in [-0.2, -0.15) is 8.78 Å². The van der Waals surface area contributed by atoms with E-state index in [0.29, 0.717) is 10.3 Å². The summed E-state index contributed by atoms with van der Waals surface area (Å²) in [6.07, 6.45) is 5.27. The molecule has 0 aliphatic carbocycles. The highest BCUT2D eigenvalue weighted by Crippen LogP contribution is 2.14. The lowest BCUT2D eigenvalue weighted by atomic mass is 10.3. The van der Waals surface area contributed by atoms with E-state index < -0.39 is 12.5 Å². The molecule has 2 aromatic rings. The van der Waals surface area contributed by atoms with Crippen LogP contribution in [0.2, 0.25) is 0 Å². The maximum Gasteiger partial charge on any atom is 0.319 e. The number of rotatable bonds is 4. The summed E-state index contributed by atoms with van der Waals surface area (Å²) in [6, 6.07) is 0. The van der Waals surface area contributed by atoms with Gasteiger partial charge in [-0.05, 0) is 6.92 Å². The molecule has 20 heavy (non-hydrogen) atoms. The van der Waals surface area contributed by atoms with Crippen molar-refractivity contribution in [2.45, 2.75) is 20.0 Å². The standard InChI is InChI=1S/C12H13F2N5O/c1-8-5-17-9(6-16-8)11(20)18(2)7-10-15-3-4-19(10)12(13)14/h3-6,12H,7H2,1-2H3. The Morgan fingerprint density at radius 1 is 1.35 bits per heavy atom. The fraction of sp³-hybridized carbons (Fsp3) is 0.333. The quantitative estimate of drug-likeness (QED) is 0.854. The lowest BCUT2D eigenvalue weighted by Gasteiger charge is -2.17. The Balaban J connectivity index is 2.11. The summed E-state index contributed by atoms with van der Waals surface area (Å²) in [5.74, 6) is -0.294. The SMILES string of the molecule is Cc1cnc(C(=O)N(C)Cc2nccn2C(F)F)cn1. The first-order valence-electron chi connectivity index (χ1n) is 5.83. The van der Waals surface area contributed by atoms with Gasteiger partial charge in [-0.15, -0.1) is 0 Å². The number of hydrogen-bond donors (Lipinski definition) is 0. The fourth-order valence-corrected chi connectivity index (χ4v) is 1.63. The van der Waals surface area contributed by atoms with Crippen molar-refractivity contribution in [2.24, 2.45) is 0 Å². The molecule has 0 aromatic carbocycles. The second kappa shape index (κ2) is 5.72. The minimum Gasteiger partial charge on any atom is -0.333 e. The van der Waals surface area contributed by atoms with Crippen LogP contribution in [0.15, 0.2) is 24.8 Å². The number of amides is 1. The molecule has 0 bridgehead atoms. The number of alkyl halides is 2. The van der Waals surface area contributed by atoms with Gasteiger partial charge >= 0.3 is 6.55 Å². The Hall–Kier alpha value is -2.38. The first kappa shape index (κ1) is 14.0. The molecule has 0 aliphatic heterocycles. The van der Waals surface area contributed by atoms with E-state index >= 15 is 0 Å². The zero-order valence-electron chi connectivity index (χ0n) is 11.0. The van der Waals surface area contributed by atoms with E-state index in [1.54, 1.807) is 6.92 Å². The van der Waals surface area contributed by atoms with Gasteiger partial charge < -0.3 is 4.90 Å². The number of carbonyl (C=O) groups excluding carboxylic acids is 1. The Morgan fingerprint density at radius 2 is 2.10 bits per heavy atom. The molecule has 0 radical (unpaired) electrons. The highest BCUT2D eigenvalue weighted by Gasteiger charge is 2.18. The summed E-state index contributed by atoms with van der Waals surface area (Å²) >= 11 is 0. The average molecular weight is 281 g/mol. The normalized spacial score (nSPS) is 10.8. The topological polar surface area (TPSA) is 63.9 Å². The van der Waals surface area contributed by atoms with E-state index in [1.807, 2.05) is 0 Å². The molecule has 0 N–H and O–H groups in total. The minimum atomic E-state index is -2.69. The molecule has 0 fully saturated rings. The van der Waals surface area contributed by atoms with Crippen molar-refractivity contribution in [1.29, 1.82) is 0 Å². The first-order valence-corrected chi connectivity index (χ1v) is 5.83. The zero-order valence-corrected chi connectivity index (χ0v) is 11.0. The molecule has 2 aromatic heterocycles. The van der Waals surface area contributed by atoms with Gasteiger partial charge in [-0.3, -0.25) is 14.3 Å². The molecule has 0 atom stereocenters. The molecule has 0 saturated carbocycles. The largest absolute Gasteiger partial charge is 0.333 e. The second-order valence-electron chi connectivity index (χ2n) is 4.23. The van der Waals surface area contributed by atoms with Gasteiger partial charge in [0.1, 0.15) is 11.5 Å². The molecule has 0 saturated heterocycles. The van der Waals surface area contributed by atoms with Crippen LogP contribution in [-0.4, -0.2) is 37.4 Å². The van der Waals surface area contributed by atoms with E-state index in [-0.39, 0.29) is 18.1 Å². The molecule has 1 amide bonds. The van der Waals surface area contributed by atoms with E-state index in [4.69, 9.17) is 0 Å². The highest BCUT2D eigenvalue weighted by molar-refractivity contribution is 5.91. The molecule has 8 heteroatoms. The van der Waals surface area contributed by atoms with Crippen LogP contribution >= 0.6 is 0 Å².